The fourth-order valence-electron chi connectivity index (χ4n) is 4.02. The van der Waals surface area contributed by atoms with Crippen LogP contribution in [0.5, 0.6) is 0 Å². The first-order chi connectivity index (χ1) is 18.8. The highest BCUT2D eigenvalue weighted by atomic mass is 35.5. The lowest BCUT2D eigenvalue weighted by Crippen LogP contribution is -2.53. The molecule has 7 nitrogen and oxygen atoms in total. The second-order valence-electron chi connectivity index (χ2n) is 9.28. The highest BCUT2D eigenvalue weighted by Crippen LogP contribution is 2.29. The maximum atomic E-state index is 14.0. The number of nitrogens with zero attached hydrogens (tertiary/aromatic N) is 2. The number of benzene rings is 3. The van der Waals surface area contributed by atoms with Crippen molar-refractivity contribution in [1.29, 1.82) is 0 Å². The zero-order valence-electron chi connectivity index (χ0n) is 22.1. The molecular formula is C28H29Cl3FN3O4S. The van der Waals surface area contributed by atoms with Gasteiger partial charge >= 0.3 is 0 Å². The fourth-order valence-corrected chi connectivity index (χ4v) is 5.95. The lowest BCUT2D eigenvalue weighted by molar-refractivity contribution is -0.140. The standard InChI is InChI=1S/C28H29Cl3FN3O4S/c1-4-26(28(37)33-18(2)3)34(16-19-10-12-22(29)23(30)14-19)27(36)17-35(20-11-13-25(32)24(31)15-20)40(38,39)21-8-6-5-7-9-21/h5-15,18,26H,4,16-17H2,1-3H3,(H,33,37)/t26-/m1/s1. The van der Waals surface area contributed by atoms with E-state index in [9.17, 15) is 22.4 Å². The van der Waals surface area contributed by atoms with Crippen LogP contribution in [-0.4, -0.2) is 43.8 Å². The molecule has 0 unspecified atom stereocenters. The number of anilines is 1. The average molecular weight is 629 g/mol. The number of nitrogens with one attached hydrogen (secondary N) is 1. The van der Waals surface area contributed by atoms with Crippen molar-refractivity contribution in [2.75, 3.05) is 10.8 Å². The molecule has 0 bridgehead atoms. The molecule has 0 spiro atoms. The molecular weight excluding hydrogens is 600 g/mol. The molecule has 0 aliphatic carbocycles. The Labute approximate surface area is 248 Å². The van der Waals surface area contributed by atoms with Gasteiger partial charge in [-0.2, -0.15) is 0 Å². The van der Waals surface area contributed by atoms with Gasteiger partial charge in [-0.05, 0) is 68.3 Å². The lowest BCUT2D eigenvalue weighted by atomic mass is 10.1. The first kappa shape index (κ1) is 31.7. The van der Waals surface area contributed by atoms with Crippen molar-refractivity contribution in [3.05, 3.63) is 93.2 Å². The zero-order chi connectivity index (χ0) is 29.6. The largest absolute Gasteiger partial charge is 0.352 e. The van der Waals surface area contributed by atoms with Crippen LogP contribution in [0.4, 0.5) is 10.1 Å². The Morgan fingerprint density at radius 3 is 2.17 bits per heavy atom. The normalized spacial score (nSPS) is 12.2. The number of hydrogen-bond donors (Lipinski definition) is 1. The summed E-state index contributed by atoms with van der Waals surface area (Å²) < 4.78 is 42.3. The Morgan fingerprint density at radius 2 is 1.60 bits per heavy atom. The number of sulfonamides is 1. The van der Waals surface area contributed by atoms with Crippen LogP contribution in [0.1, 0.15) is 32.8 Å². The van der Waals surface area contributed by atoms with Crippen molar-refractivity contribution < 1.29 is 22.4 Å². The molecule has 0 saturated carbocycles. The van der Waals surface area contributed by atoms with Crippen LogP contribution in [0.3, 0.4) is 0 Å². The molecule has 1 N–H and O–H groups in total. The molecule has 0 aliphatic rings. The predicted octanol–water partition coefficient (Wildman–Crippen LogP) is 6.31. The van der Waals surface area contributed by atoms with Crippen LogP contribution < -0.4 is 9.62 Å². The van der Waals surface area contributed by atoms with Crippen LogP contribution in [0.2, 0.25) is 15.1 Å². The first-order valence-corrected chi connectivity index (χ1v) is 15.0. The monoisotopic (exact) mass is 627 g/mol. The number of rotatable bonds is 11. The number of carbonyl (C=O) groups is 2. The summed E-state index contributed by atoms with van der Waals surface area (Å²) in [5.74, 6) is -1.81. The van der Waals surface area contributed by atoms with Gasteiger partial charge in [0.15, 0.2) is 0 Å². The number of hydrogen-bond acceptors (Lipinski definition) is 4. The Balaban J connectivity index is 2.09. The highest BCUT2D eigenvalue weighted by Gasteiger charge is 2.34. The van der Waals surface area contributed by atoms with E-state index in [2.05, 4.69) is 5.32 Å². The van der Waals surface area contributed by atoms with Gasteiger partial charge in [0, 0.05) is 12.6 Å². The minimum Gasteiger partial charge on any atom is -0.352 e. The molecule has 3 aromatic rings. The molecule has 2 amide bonds. The maximum Gasteiger partial charge on any atom is 0.264 e. The zero-order valence-corrected chi connectivity index (χ0v) is 25.2. The second kappa shape index (κ2) is 13.7. The highest BCUT2D eigenvalue weighted by molar-refractivity contribution is 7.92. The quantitative estimate of drug-likeness (QED) is 0.270. The third-order valence-corrected chi connectivity index (χ3v) is 8.77. The van der Waals surface area contributed by atoms with E-state index in [4.69, 9.17) is 34.8 Å². The molecule has 0 heterocycles. The van der Waals surface area contributed by atoms with Crippen molar-refractivity contribution in [3.8, 4) is 0 Å². The van der Waals surface area contributed by atoms with Gasteiger partial charge in [0.25, 0.3) is 10.0 Å². The summed E-state index contributed by atoms with van der Waals surface area (Å²) in [6.45, 7) is 4.59. The van der Waals surface area contributed by atoms with E-state index >= 15 is 0 Å². The molecule has 12 heteroatoms. The molecule has 0 fully saturated rings. The lowest BCUT2D eigenvalue weighted by Gasteiger charge is -2.33. The topological polar surface area (TPSA) is 86.8 Å². The van der Waals surface area contributed by atoms with Crippen molar-refractivity contribution in [1.82, 2.24) is 10.2 Å². The van der Waals surface area contributed by atoms with Gasteiger partial charge in [0.05, 0.1) is 25.7 Å². The molecule has 0 saturated heterocycles. The molecule has 1 atom stereocenters. The fraction of sp³-hybridized carbons (Fsp3) is 0.286. The number of amides is 2. The number of halogens is 4. The van der Waals surface area contributed by atoms with E-state index in [-0.39, 0.29) is 39.6 Å². The van der Waals surface area contributed by atoms with Gasteiger partial charge in [-0.3, -0.25) is 13.9 Å². The Morgan fingerprint density at radius 1 is 0.925 bits per heavy atom. The van der Waals surface area contributed by atoms with Gasteiger partial charge in [-0.25, -0.2) is 12.8 Å². The summed E-state index contributed by atoms with van der Waals surface area (Å²) >= 11 is 18.2. The van der Waals surface area contributed by atoms with E-state index in [1.807, 2.05) is 0 Å². The maximum absolute atomic E-state index is 14.0. The van der Waals surface area contributed by atoms with Gasteiger partial charge in [-0.1, -0.05) is 66.0 Å². The van der Waals surface area contributed by atoms with E-state index in [0.717, 1.165) is 16.4 Å². The van der Waals surface area contributed by atoms with E-state index in [1.54, 1.807) is 57.2 Å². The number of carbonyl (C=O) groups excluding carboxylic acids is 2. The van der Waals surface area contributed by atoms with Crippen molar-refractivity contribution in [2.45, 2.75) is 50.7 Å². The van der Waals surface area contributed by atoms with Crippen LogP contribution in [0.25, 0.3) is 0 Å². The summed E-state index contributed by atoms with van der Waals surface area (Å²) in [5.41, 5.74) is 0.568. The molecule has 3 rings (SSSR count). The molecule has 0 aliphatic heterocycles. The summed E-state index contributed by atoms with van der Waals surface area (Å²) in [5, 5.41) is 3.09. The van der Waals surface area contributed by atoms with Crippen LogP contribution in [-0.2, 0) is 26.2 Å². The predicted molar refractivity (Wildman–Crippen MR) is 157 cm³/mol. The van der Waals surface area contributed by atoms with Crippen molar-refractivity contribution in [3.63, 3.8) is 0 Å². The van der Waals surface area contributed by atoms with Crippen LogP contribution in [0, 0.1) is 5.82 Å². The molecule has 214 valence electrons. The van der Waals surface area contributed by atoms with Crippen LogP contribution in [0.15, 0.2) is 71.6 Å². The molecule has 3 aromatic carbocycles. The van der Waals surface area contributed by atoms with Gasteiger partial charge < -0.3 is 10.2 Å². The van der Waals surface area contributed by atoms with E-state index in [0.29, 0.717) is 10.6 Å². The second-order valence-corrected chi connectivity index (χ2v) is 12.4. The smallest absolute Gasteiger partial charge is 0.264 e. The summed E-state index contributed by atoms with van der Waals surface area (Å²) in [4.78, 5) is 28.4. The Hall–Kier alpha value is -2.85. The van der Waals surface area contributed by atoms with E-state index in [1.165, 1.54) is 23.1 Å². The van der Waals surface area contributed by atoms with Crippen molar-refractivity contribution >= 4 is 62.3 Å². The summed E-state index contributed by atoms with van der Waals surface area (Å²) in [7, 11) is -4.30. The summed E-state index contributed by atoms with van der Waals surface area (Å²) in [6.07, 6.45) is 0.249. The third-order valence-electron chi connectivity index (χ3n) is 5.96. The van der Waals surface area contributed by atoms with E-state index < -0.39 is 40.2 Å². The third kappa shape index (κ3) is 7.66. The van der Waals surface area contributed by atoms with Gasteiger partial charge in [0.2, 0.25) is 11.8 Å². The molecule has 0 aromatic heterocycles. The molecule has 40 heavy (non-hydrogen) atoms. The average Bonchev–Trinajstić information content (AvgIpc) is 2.90. The first-order valence-electron chi connectivity index (χ1n) is 12.4. The molecule has 0 radical (unpaired) electrons. The van der Waals surface area contributed by atoms with Gasteiger partial charge in [0.1, 0.15) is 18.4 Å². The van der Waals surface area contributed by atoms with Crippen LogP contribution >= 0.6 is 34.8 Å². The SMILES string of the molecule is CC[C@H](C(=O)NC(C)C)N(Cc1ccc(Cl)c(Cl)c1)C(=O)CN(c1ccc(F)c(Cl)c1)S(=O)(=O)c1ccccc1. The van der Waals surface area contributed by atoms with Gasteiger partial charge in [-0.15, -0.1) is 0 Å². The minimum absolute atomic E-state index is 0.0160. The minimum atomic E-state index is -4.30. The summed E-state index contributed by atoms with van der Waals surface area (Å²) in [6, 6.07) is 14.6. The Bertz CT molecular complexity index is 1470. The van der Waals surface area contributed by atoms with Crippen molar-refractivity contribution in [2.24, 2.45) is 0 Å². The Kier molecular flexibility index (Phi) is 10.8.